The van der Waals surface area contributed by atoms with Crippen LogP contribution in [-0.4, -0.2) is 29.0 Å². The van der Waals surface area contributed by atoms with Crippen LogP contribution in [0.1, 0.15) is 30.4 Å². The molecular weight excluding hydrogens is 214 g/mol. The molecule has 0 spiro atoms. The Bertz CT molecular complexity index is 386. The molecule has 1 aromatic heterocycles. The zero-order valence-corrected chi connectivity index (χ0v) is 10.3. The molecule has 2 rings (SSSR count). The van der Waals surface area contributed by atoms with Crippen molar-refractivity contribution in [1.82, 2.24) is 15.2 Å². The van der Waals surface area contributed by atoms with E-state index < -0.39 is 0 Å². The number of aromatic nitrogens is 1. The molecule has 0 bridgehead atoms. The second-order valence-electron chi connectivity index (χ2n) is 4.51. The van der Waals surface area contributed by atoms with Gasteiger partial charge in [-0.2, -0.15) is 0 Å². The highest BCUT2D eigenvalue weighted by atomic mass is 16.2. The Kier molecular flexibility index (Phi) is 3.96. The Morgan fingerprint density at radius 3 is 2.88 bits per heavy atom. The molecule has 1 N–H and O–H groups in total. The first kappa shape index (κ1) is 11.9. The van der Waals surface area contributed by atoms with Crippen molar-refractivity contribution in [3.05, 3.63) is 29.6 Å². The van der Waals surface area contributed by atoms with E-state index in [9.17, 15) is 4.79 Å². The maximum atomic E-state index is 11.9. The summed E-state index contributed by atoms with van der Waals surface area (Å²) < 4.78 is 0. The van der Waals surface area contributed by atoms with Crippen LogP contribution < -0.4 is 5.32 Å². The molecular formula is C13H19N3O. The van der Waals surface area contributed by atoms with Gasteiger partial charge in [0.25, 0.3) is 0 Å². The van der Waals surface area contributed by atoms with Gasteiger partial charge in [0, 0.05) is 32.0 Å². The van der Waals surface area contributed by atoms with Crippen LogP contribution in [0.5, 0.6) is 0 Å². The van der Waals surface area contributed by atoms with Gasteiger partial charge in [-0.15, -0.1) is 0 Å². The molecule has 1 aromatic rings. The van der Waals surface area contributed by atoms with Gasteiger partial charge < -0.3 is 10.2 Å². The largest absolute Gasteiger partial charge is 0.334 e. The van der Waals surface area contributed by atoms with Crippen molar-refractivity contribution in [2.45, 2.75) is 32.7 Å². The van der Waals surface area contributed by atoms with Gasteiger partial charge in [0.2, 0.25) is 0 Å². The summed E-state index contributed by atoms with van der Waals surface area (Å²) in [5, 5.41) is 2.96. The molecule has 0 radical (unpaired) electrons. The quantitative estimate of drug-likeness (QED) is 0.850. The lowest BCUT2D eigenvalue weighted by Gasteiger charge is -2.26. The Morgan fingerprint density at radius 1 is 1.41 bits per heavy atom. The number of nitrogens with one attached hydrogen (secondary N) is 1. The highest BCUT2D eigenvalue weighted by Gasteiger charge is 2.15. The van der Waals surface area contributed by atoms with Crippen molar-refractivity contribution in [2.24, 2.45) is 0 Å². The van der Waals surface area contributed by atoms with Crippen LogP contribution in [0.2, 0.25) is 0 Å². The number of hydrogen-bond donors (Lipinski definition) is 1. The van der Waals surface area contributed by atoms with Crippen LogP contribution in [0.3, 0.4) is 0 Å². The summed E-state index contributed by atoms with van der Waals surface area (Å²) in [6.07, 6.45) is 7.07. The number of nitrogens with zero attached hydrogens (tertiary/aromatic N) is 2. The van der Waals surface area contributed by atoms with Crippen LogP contribution in [0.25, 0.3) is 0 Å². The van der Waals surface area contributed by atoms with E-state index in [1.54, 1.807) is 6.20 Å². The number of carbonyl (C=O) groups excluding carboxylic acids is 1. The highest BCUT2D eigenvalue weighted by Crippen LogP contribution is 2.09. The fourth-order valence-electron chi connectivity index (χ4n) is 2.06. The number of rotatable bonds is 2. The van der Waals surface area contributed by atoms with E-state index in [0.717, 1.165) is 31.5 Å². The number of pyridine rings is 1. The van der Waals surface area contributed by atoms with Gasteiger partial charge in [0.05, 0.1) is 0 Å². The Labute approximate surface area is 102 Å². The van der Waals surface area contributed by atoms with Crippen LogP contribution in [0.15, 0.2) is 18.5 Å². The van der Waals surface area contributed by atoms with Crippen LogP contribution >= 0.6 is 0 Å². The third kappa shape index (κ3) is 3.19. The number of hydrogen-bond acceptors (Lipinski definition) is 2. The number of carbonyl (C=O) groups is 1. The van der Waals surface area contributed by atoms with Gasteiger partial charge in [0.15, 0.2) is 0 Å². The van der Waals surface area contributed by atoms with Crippen LogP contribution in [0, 0.1) is 6.92 Å². The monoisotopic (exact) mass is 233 g/mol. The van der Waals surface area contributed by atoms with Crippen LogP contribution in [-0.2, 0) is 6.54 Å². The number of aryl methyl sites for hydroxylation is 1. The molecule has 1 fully saturated rings. The molecule has 0 atom stereocenters. The number of likely N-dealkylation sites (tertiary alicyclic amines) is 1. The van der Waals surface area contributed by atoms with E-state index in [4.69, 9.17) is 0 Å². The predicted octanol–water partition coefficient (Wildman–Crippen LogP) is 2.09. The molecule has 92 valence electrons. The van der Waals surface area contributed by atoms with Gasteiger partial charge in [-0.05, 0) is 43.4 Å². The Hall–Kier alpha value is -1.58. The molecule has 1 aliphatic rings. The molecule has 4 nitrogen and oxygen atoms in total. The summed E-state index contributed by atoms with van der Waals surface area (Å²) in [5.41, 5.74) is 2.25. The van der Waals surface area contributed by atoms with Crippen molar-refractivity contribution in [1.29, 1.82) is 0 Å². The van der Waals surface area contributed by atoms with Crippen molar-refractivity contribution in [2.75, 3.05) is 13.1 Å². The van der Waals surface area contributed by atoms with Gasteiger partial charge in [0.1, 0.15) is 0 Å². The maximum absolute atomic E-state index is 11.9. The molecule has 4 heteroatoms. The molecule has 17 heavy (non-hydrogen) atoms. The lowest BCUT2D eigenvalue weighted by molar-refractivity contribution is 0.186. The first-order chi connectivity index (χ1) is 8.27. The van der Waals surface area contributed by atoms with E-state index in [1.165, 1.54) is 12.0 Å². The van der Waals surface area contributed by atoms with E-state index in [0.29, 0.717) is 6.54 Å². The zero-order chi connectivity index (χ0) is 12.1. The molecule has 0 unspecified atom stereocenters. The van der Waals surface area contributed by atoms with E-state index >= 15 is 0 Å². The average molecular weight is 233 g/mol. The second-order valence-corrected chi connectivity index (χ2v) is 4.51. The summed E-state index contributed by atoms with van der Waals surface area (Å²) in [4.78, 5) is 17.8. The minimum Gasteiger partial charge on any atom is -0.334 e. The van der Waals surface area contributed by atoms with Gasteiger partial charge in [-0.25, -0.2) is 4.79 Å². The lowest BCUT2D eigenvalue weighted by atomic mass is 10.1. The summed E-state index contributed by atoms with van der Waals surface area (Å²) in [7, 11) is 0. The molecule has 1 aliphatic heterocycles. The normalized spacial score (nSPS) is 15.7. The highest BCUT2D eigenvalue weighted by molar-refractivity contribution is 5.74. The van der Waals surface area contributed by atoms with E-state index in [2.05, 4.69) is 10.3 Å². The predicted molar refractivity (Wildman–Crippen MR) is 66.6 cm³/mol. The molecule has 0 aliphatic carbocycles. The topological polar surface area (TPSA) is 45.2 Å². The van der Waals surface area contributed by atoms with Gasteiger partial charge in [-0.3, -0.25) is 4.98 Å². The van der Waals surface area contributed by atoms with Crippen molar-refractivity contribution in [3.63, 3.8) is 0 Å². The minimum atomic E-state index is 0.0490. The Morgan fingerprint density at radius 2 is 2.18 bits per heavy atom. The second kappa shape index (κ2) is 5.66. The van der Waals surface area contributed by atoms with E-state index in [1.807, 2.05) is 24.1 Å². The molecule has 2 heterocycles. The van der Waals surface area contributed by atoms with Crippen molar-refractivity contribution < 1.29 is 4.79 Å². The maximum Gasteiger partial charge on any atom is 0.317 e. The zero-order valence-electron chi connectivity index (χ0n) is 10.3. The van der Waals surface area contributed by atoms with Gasteiger partial charge in [-0.1, -0.05) is 0 Å². The van der Waals surface area contributed by atoms with Crippen molar-refractivity contribution in [3.8, 4) is 0 Å². The van der Waals surface area contributed by atoms with Crippen LogP contribution in [0.4, 0.5) is 4.79 Å². The first-order valence-corrected chi connectivity index (χ1v) is 6.19. The average Bonchev–Trinajstić information content (AvgIpc) is 2.38. The summed E-state index contributed by atoms with van der Waals surface area (Å²) in [6.45, 7) is 4.37. The molecule has 1 saturated heterocycles. The molecule has 2 amide bonds. The smallest absolute Gasteiger partial charge is 0.317 e. The summed E-state index contributed by atoms with van der Waals surface area (Å²) >= 11 is 0. The molecule has 0 saturated carbocycles. The van der Waals surface area contributed by atoms with Gasteiger partial charge >= 0.3 is 6.03 Å². The number of amides is 2. The first-order valence-electron chi connectivity index (χ1n) is 6.19. The lowest BCUT2D eigenvalue weighted by Crippen LogP contribution is -2.42. The number of urea groups is 1. The standard InChI is InChI=1S/C13H19N3O/c1-11-5-6-14-9-12(11)10-15-13(17)16-7-3-2-4-8-16/h5-6,9H,2-4,7-8,10H2,1H3,(H,15,17). The third-order valence-corrected chi connectivity index (χ3v) is 3.22. The molecule has 0 aromatic carbocycles. The van der Waals surface area contributed by atoms with E-state index in [-0.39, 0.29) is 6.03 Å². The minimum absolute atomic E-state index is 0.0490. The third-order valence-electron chi connectivity index (χ3n) is 3.22. The number of piperidine rings is 1. The fraction of sp³-hybridized carbons (Fsp3) is 0.538. The fourth-order valence-corrected chi connectivity index (χ4v) is 2.06. The van der Waals surface area contributed by atoms with Crippen molar-refractivity contribution >= 4 is 6.03 Å². The summed E-state index contributed by atoms with van der Waals surface area (Å²) in [6, 6.07) is 2.01. The Balaban J connectivity index is 1.85. The SMILES string of the molecule is Cc1ccncc1CNC(=O)N1CCCCC1. The summed E-state index contributed by atoms with van der Waals surface area (Å²) in [5.74, 6) is 0.